The molecule has 1 rings (SSSR count). The number of esters is 1. The molecular weight excluding hydrogens is 257 g/mol. The average Bonchev–Trinajstić information content (AvgIpc) is 2.51. The van der Waals surface area contributed by atoms with Gasteiger partial charge in [-0.3, -0.25) is 4.79 Å². The van der Waals surface area contributed by atoms with Gasteiger partial charge in [-0.1, -0.05) is 11.6 Å². The third-order valence-corrected chi connectivity index (χ3v) is 2.81. The average molecular weight is 270 g/mol. The molecule has 0 amide bonds. The Labute approximate surface area is 104 Å². The van der Waals surface area contributed by atoms with Crippen LogP contribution in [0.5, 0.6) is 0 Å². The van der Waals surface area contributed by atoms with Crippen molar-refractivity contribution in [2.24, 2.45) is 5.73 Å². The van der Waals surface area contributed by atoms with Crippen LogP contribution in [0.25, 0.3) is 0 Å². The van der Waals surface area contributed by atoms with E-state index in [1.165, 1.54) is 11.3 Å². The zero-order valence-electron chi connectivity index (χ0n) is 8.23. The monoisotopic (exact) mass is 269 g/mol. The van der Waals surface area contributed by atoms with Crippen LogP contribution in [0.3, 0.4) is 0 Å². The van der Waals surface area contributed by atoms with Crippen molar-refractivity contribution in [1.82, 2.24) is 0 Å². The van der Waals surface area contributed by atoms with E-state index < -0.39 is 6.04 Å². The molecule has 0 fully saturated rings. The molecule has 1 aromatic rings. The highest BCUT2D eigenvalue weighted by Crippen LogP contribution is 2.20. The van der Waals surface area contributed by atoms with Crippen LogP contribution in [0.1, 0.15) is 12.5 Å². The fraction of sp³-hybridized carbons (Fsp3) is 0.444. The molecule has 0 radical (unpaired) electrons. The predicted octanol–water partition coefficient (Wildman–Crippen LogP) is 2.26. The van der Waals surface area contributed by atoms with Gasteiger partial charge in [-0.05, 0) is 30.4 Å². The van der Waals surface area contributed by atoms with Crippen molar-refractivity contribution in [3.63, 3.8) is 0 Å². The molecule has 1 aromatic heterocycles. The predicted molar refractivity (Wildman–Crippen MR) is 64.9 cm³/mol. The standard InChI is InChI=1S/C9H12ClNO2S.ClH/c1-2-13-9(12)7(11)3-6-4-8(10)14-5-6;/h4-5,7H,2-3,11H2,1H3;1H. The minimum atomic E-state index is -0.597. The first kappa shape index (κ1) is 14.7. The summed E-state index contributed by atoms with van der Waals surface area (Å²) in [5.41, 5.74) is 6.60. The molecule has 0 aliphatic rings. The van der Waals surface area contributed by atoms with E-state index in [-0.39, 0.29) is 18.4 Å². The van der Waals surface area contributed by atoms with Crippen molar-refractivity contribution in [3.05, 3.63) is 21.3 Å². The maximum atomic E-state index is 11.2. The summed E-state index contributed by atoms with van der Waals surface area (Å²) in [6, 6.07) is 1.21. The number of nitrogens with two attached hydrogens (primary N) is 1. The van der Waals surface area contributed by atoms with Gasteiger partial charge in [-0.2, -0.15) is 0 Å². The van der Waals surface area contributed by atoms with Crippen LogP contribution >= 0.6 is 35.3 Å². The summed E-state index contributed by atoms with van der Waals surface area (Å²) in [5.74, 6) is -0.366. The van der Waals surface area contributed by atoms with E-state index in [1.807, 2.05) is 11.4 Å². The molecule has 1 unspecified atom stereocenters. The van der Waals surface area contributed by atoms with E-state index in [4.69, 9.17) is 22.1 Å². The fourth-order valence-corrected chi connectivity index (χ4v) is 1.96. The molecule has 1 atom stereocenters. The molecule has 86 valence electrons. The molecular formula is C9H13Cl2NO2S. The molecule has 15 heavy (non-hydrogen) atoms. The van der Waals surface area contributed by atoms with Crippen molar-refractivity contribution < 1.29 is 9.53 Å². The van der Waals surface area contributed by atoms with Crippen molar-refractivity contribution in [2.75, 3.05) is 6.61 Å². The SMILES string of the molecule is CCOC(=O)C(N)Cc1csc(Cl)c1.Cl. The number of carbonyl (C=O) groups is 1. The number of ether oxygens (including phenoxy) is 1. The first-order valence-corrected chi connectivity index (χ1v) is 5.54. The van der Waals surface area contributed by atoms with Crippen LogP contribution < -0.4 is 5.73 Å². The molecule has 0 aliphatic carbocycles. The van der Waals surface area contributed by atoms with Crippen LogP contribution in [0.15, 0.2) is 11.4 Å². The smallest absolute Gasteiger partial charge is 0.323 e. The number of hydrogen-bond acceptors (Lipinski definition) is 4. The summed E-state index contributed by atoms with van der Waals surface area (Å²) >= 11 is 7.18. The van der Waals surface area contributed by atoms with E-state index in [0.29, 0.717) is 17.4 Å². The lowest BCUT2D eigenvalue weighted by Crippen LogP contribution is -2.34. The van der Waals surface area contributed by atoms with Crippen LogP contribution in [0.4, 0.5) is 0 Å². The molecule has 2 N–H and O–H groups in total. The number of halogens is 2. The lowest BCUT2D eigenvalue weighted by molar-refractivity contribution is -0.144. The van der Waals surface area contributed by atoms with Gasteiger partial charge in [0.15, 0.2) is 0 Å². The van der Waals surface area contributed by atoms with Crippen LogP contribution in [-0.4, -0.2) is 18.6 Å². The Hall–Kier alpha value is -0.290. The Kier molecular flexibility index (Phi) is 6.92. The van der Waals surface area contributed by atoms with Gasteiger partial charge in [-0.15, -0.1) is 23.7 Å². The minimum Gasteiger partial charge on any atom is -0.465 e. The molecule has 0 aromatic carbocycles. The molecule has 6 heteroatoms. The third kappa shape index (κ3) is 4.84. The second-order valence-corrected chi connectivity index (χ2v) is 4.36. The third-order valence-electron chi connectivity index (χ3n) is 1.67. The van der Waals surface area contributed by atoms with Gasteiger partial charge in [0.1, 0.15) is 6.04 Å². The lowest BCUT2D eigenvalue weighted by atomic mass is 10.1. The lowest BCUT2D eigenvalue weighted by Gasteiger charge is -2.08. The van der Waals surface area contributed by atoms with Gasteiger partial charge in [0.25, 0.3) is 0 Å². The second-order valence-electron chi connectivity index (χ2n) is 2.82. The molecule has 0 aliphatic heterocycles. The highest BCUT2D eigenvalue weighted by molar-refractivity contribution is 7.14. The van der Waals surface area contributed by atoms with E-state index in [9.17, 15) is 4.79 Å². The Bertz CT molecular complexity index is 317. The zero-order chi connectivity index (χ0) is 10.6. The Morgan fingerprint density at radius 1 is 1.73 bits per heavy atom. The fourth-order valence-electron chi connectivity index (χ4n) is 1.04. The van der Waals surface area contributed by atoms with Gasteiger partial charge in [0.05, 0.1) is 10.9 Å². The molecule has 0 saturated carbocycles. The van der Waals surface area contributed by atoms with E-state index in [1.54, 1.807) is 6.92 Å². The summed E-state index contributed by atoms with van der Waals surface area (Å²) in [6.45, 7) is 2.11. The largest absolute Gasteiger partial charge is 0.465 e. The first-order valence-electron chi connectivity index (χ1n) is 4.28. The maximum absolute atomic E-state index is 11.2. The topological polar surface area (TPSA) is 52.3 Å². The van der Waals surface area contributed by atoms with Crippen molar-refractivity contribution in [3.8, 4) is 0 Å². The first-order chi connectivity index (χ1) is 6.63. The summed E-state index contributed by atoms with van der Waals surface area (Å²) < 4.78 is 5.49. The van der Waals surface area contributed by atoms with E-state index in [0.717, 1.165) is 5.56 Å². The molecule has 1 heterocycles. The minimum absolute atomic E-state index is 0. The van der Waals surface area contributed by atoms with Gasteiger partial charge in [0, 0.05) is 0 Å². The maximum Gasteiger partial charge on any atom is 0.323 e. The van der Waals surface area contributed by atoms with Gasteiger partial charge >= 0.3 is 5.97 Å². The van der Waals surface area contributed by atoms with Crippen LogP contribution in [0, 0.1) is 0 Å². The van der Waals surface area contributed by atoms with Gasteiger partial charge in [0.2, 0.25) is 0 Å². The van der Waals surface area contributed by atoms with Gasteiger partial charge in [-0.25, -0.2) is 0 Å². The van der Waals surface area contributed by atoms with E-state index in [2.05, 4.69) is 0 Å². The molecule has 3 nitrogen and oxygen atoms in total. The van der Waals surface area contributed by atoms with Crippen molar-refractivity contribution in [2.45, 2.75) is 19.4 Å². The summed E-state index contributed by atoms with van der Waals surface area (Å²) in [6.07, 6.45) is 0.474. The summed E-state index contributed by atoms with van der Waals surface area (Å²) in [5, 5.41) is 1.89. The van der Waals surface area contributed by atoms with E-state index >= 15 is 0 Å². The molecule has 0 spiro atoms. The Morgan fingerprint density at radius 3 is 2.87 bits per heavy atom. The molecule has 0 bridgehead atoms. The summed E-state index contributed by atoms with van der Waals surface area (Å²) in [7, 11) is 0. The summed E-state index contributed by atoms with van der Waals surface area (Å²) in [4.78, 5) is 11.2. The second kappa shape index (κ2) is 7.06. The van der Waals surface area contributed by atoms with Crippen molar-refractivity contribution in [1.29, 1.82) is 0 Å². The molecule has 0 saturated heterocycles. The Morgan fingerprint density at radius 2 is 2.40 bits per heavy atom. The van der Waals surface area contributed by atoms with Crippen molar-refractivity contribution >= 4 is 41.3 Å². The zero-order valence-corrected chi connectivity index (χ0v) is 10.6. The number of rotatable bonds is 4. The highest BCUT2D eigenvalue weighted by atomic mass is 35.5. The number of hydrogen-bond donors (Lipinski definition) is 1. The van der Waals surface area contributed by atoms with Gasteiger partial charge < -0.3 is 10.5 Å². The number of thiophene rings is 1. The quantitative estimate of drug-likeness (QED) is 0.854. The Balaban J connectivity index is 0.00000196. The highest BCUT2D eigenvalue weighted by Gasteiger charge is 2.15. The van der Waals surface area contributed by atoms with Crippen LogP contribution in [-0.2, 0) is 16.0 Å². The number of carbonyl (C=O) groups excluding carboxylic acids is 1. The normalized spacial score (nSPS) is 11.7. The van der Waals surface area contributed by atoms with Crippen LogP contribution in [0.2, 0.25) is 4.34 Å².